The molecular weight excluding hydrogens is 284 g/mol. The first kappa shape index (κ1) is 13.3. The second-order valence-corrected chi connectivity index (χ2v) is 6.86. The molecule has 0 aromatic carbocycles. The molecule has 1 N–H and O–H groups in total. The van der Waals surface area contributed by atoms with E-state index in [-0.39, 0.29) is 5.92 Å². The van der Waals surface area contributed by atoms with Crippen LogP contribution in [0.25, 0.3) is 0 Å². The Morgan fingerprint density at radius 2 is 2.11 bits per heavy atom. The zero-order chi connectivity index (χ0) is 13.4. The van der Waals surface area contributed by atoms with Crippen LogP contribution in [0.5, 0.6) is 0 Å². The number of imidazole rings is 1. The molecule has 104 valence electrons. The van der Waals surface area contributed by atoms with Crippen molar-refractivity contribution in [1.29, 1.82) is 0 Å². The molecule has 1 unspecified atom stereocenters. The third-order valence-corrected chi connectivity index (χ3v) is 5.48. The van der Waals surface area contributed by atoms with Crippen LogP contribution in [0.1, 0.15) is 36.7 Å². The standard InChI is InChI=1S/C13H17ClN2O2S/c14-11-10-7-9(13(17)18)1-4-16(10)12(15-11)8-2-5-19-6-3-8/h8-9H,1-7H2,(H,17,18). The Hall–Kier alpha value is -0.680. The minimum atomic E-state index is -0.723. The number of carbonyl (C=O) groups is 1. The fourth-order valence-corrected chi connectivity index (χ4v) is 4.39. The van der Waals surface area contributed by atoms with Crippen molar-refractivity contribution in [2.24, 2.45) is 5.92 Å². The van der Waals surface area contributed by atoms with Crippen molar-refractivity contribution in [3.05, 3.63) is 16.7 Å². The van der Waals surface area contributed by atoms with Crippen LogP contribution < -0.4 is 0 Å². The lowest BCUT2D eigenvalue weighted by Gasteiger charge is -2.26. The molecule has 0 aliphatic carbocycles. The van der Waals surface area contributed by atoms with Gasteiger partial charge in [-0.25, -0.2) is 4.98 Å². The van der Waals surface area contributed by atoms with Crippen molar-refractivity contribution < 1.29 is 9.90 Å². The van der Waals surface area contributed by atoms with E-state index in [0.717, 1.165) is 30.9 Å². The molecule has 0 bridgehead atoms. The Kier molecular flexibility index (Phi) is 3.76. The molecule has 1 atom stereocenters. The Labute approximate surface area is 121 Å². The second kappa shape index (κ2) is 5.37. The molecular formula is C13H17ClN2O2S. The van der Waals surface area contributed by atoms with Gasteiger partial charge in [0, 0.05) is 18.9 Å². The number of thioether (sulfide) groups is 1. The van der Waals surface area contributed by atoms with Crippen molar-refractivity contribution in [2.45, 2.75) is 38.1 Å². The lowest BCUT2D eigenvalue weighted by Crippen LogP contribution is -2.27. The monoisotopic (exact) mass is 300 g/mol. The van der Waals surface area contributed by atoms with Crippen molar-refractivity contribution >= 4 is 29.3 Å². The molecule has 0 radical (unpaired) electrons. The highest BCUT2D eigenvalue weighted by Crippen LogP contribution is 2.36. The molecule has 1 aromatic rings. The summed E-state index contributed by atoms with van der Waals surface area (Å²) >= 11 is 8.22. The molecule has 3 heterocycles. The summed E-state index contributed by atoms with van der Waals surface area (Å²) in [6.07, 6.45) is 3.51. The van der Waals surface area contributed by atoms with Crippen molar-refractivity contribution in [3.8, 4) is 0 Å². The first-order chi connectivity index (χ1) is 9.16. The molecule has 0 saturated carbocycles. The van der Waals surface area contributed by atoms with Gasteiger partial charge in [-0.1, -0.05) is 11.6 Å². The van der Waals surface area contributed by atoms with Crippen molar-refractivity contribution in [2.75, 3.05) is 11.5 Å². The topological polar surface area (TPSA) is 55.1 Å². The van der Waals surface area contributed by atoms with Crippen LogP contribution in [0.4, 0.5) is 0 Å². The van der Waals surface area contributed by atoms with Crippen molar-refractivity contribution in [1.82, 2.24) is 9.55 Å². The number of carboxylic acids is 1. The van der Waals surface area contributed by atoms with Crippen LogP contribution in [0.2, 0.25) is 5.15 Å². The highest BCUT2D eigenvalue weighted by atomic mass is 35.5. The number of hydrogen-bond acceptors (Lipinski definition) is 3. The lowest BCUT2D eigenvalue weighted by atomic mass is 9.95. The van der Waals surface area contributed by atoms with Crippen LogP contribution in [-0.4, -0.2) is 32.1 Å². The van der Waals surface area contributed by atoms with Crippen LogP contribution in [0.3, 0.4) is 0 Å². The molecule has 2 aliphatic heterocycles. The summed E-state index contributed by atoms with van der Waals surface area (Å²) in [5.74, 6) is 2.92. The van der Waals surface area contributed by atoms with Gasteiger partial charge < -0.3 is 9.67 Å². The summed E-state index contributed by atoms with van der Waals surface area (Å²) in [5, 5.41) is 9.65. The van der Waals surface area contributed by atoms with E-state index in [0.29, 0.717) is 23.9 Å². The van der Waals surface area contributed by atoms with Gasteiger partial charge in [-0.3, -0.25) is 4.79 Å². The van der Waals surface area contributed by atoms with Gasteiger partial charge in [0.2, 0.25) is 0 Å². The molecule has 0 spiro atoms. The number of aromatic nitrogens is 2. The molecule has 1 fully saturated rings. The fraction of sp³-hybridized carbons (Fsp3) is 0.692. The van der Waals surface area contributed by atoms with E-state index in [1.807, 2.05) is 11.8 Å². The molecule has 4 nitrogen and oxygen atoms in total. The lowest BCUT2D eigenvalue weighted by molar-refractivity contribution is -0.142. The molecule has 1 saturated heterocycles. The Morgan fingerprint density at radius 3 is 2.79 bits per heavy atom. The van der Waals surface area contributed by atoms with Crippen LogP contribution in [-0.2, 0) is 17.8 Å². The van der Waals surface area contributed by atoms with E-state index in [9.17, 15) is 4.79 Å². The van der Waals surface area contributed by atoms with Crippen molar-refractivity contribution in [3.63, 3.8) is 0 Å². The molecule has 1 aromatic heterocycles. The van der Waals surface area contributed by atoms with E-state index in [2.05, 4.69) is 9.55 Å². The average molecular weight is 301 g/mol. The first-order valence-corrected chi connectivity index (χ1v) is 8.25. The first-order valence-electron chi connectivity index (χ1n) is 6.72. The summed E-state index contributed by atoms with van der Waals surface area (Å²) in [7, 11) is 0. The smallest absolute Gasteiger partial charge is 0.306 e. The van der Waals surface area contributed by atoms with Crippen LogP contribution in [0, 0.1) is 5.92 Å². The highest BCUT2D eigenvalue weighted by Gasteiger charge is 2.31. The highest BCUT2D eigenvalue weighted by molar-refractivity contribution is 7.99. The van der Waals surface area contributed by atoms with Gasteiger partial charge in [0.1, 0.15) is 5.82 Å². The maximum atomic E-state index is 11.1. The Bertz CT molecular complexity index is 497. The number of aliphatic carboxylic acids is 1. The van der Waals surface area contributed by atoms with E-state index in [4.69, 9.17) is 16.7 Å². The number of rotatable bonds is 2. The third-order valence-electron chi connectivity index (χ3n) is 4.13. The van der Waals surface area contributed by atoms with E-state index in [1.54, 1.807) is 0 Å². The predicted octanol–water partition coefficient (Wildman–Crippen LogP) is 2.79. The molecule has 2 aliphatic rings. The Balaban J connectivity index is 1.89. The Morgan fingerprint density at radius 1 is 1.37 bits per heavy atom. The third kappa shape index (κ3) is 2.50. The van der Waals surface area contributed by atoms with E-state index >= 15 is 0 Å². The van der Waals surface area contributed by atoms with Crippen LogP contribution >= 0.6 is 23.4 Å². The molecule has 6 heteroatoms. The van der Waals surface area contributed by atoms with Gasteiger partial charge in [-0.2, -0.15) is 11.8 Å². The molecule has 0 amide bonds. The number of carboxylic acid groups (broad SMARTS) is 1. The normalized spacial score (nSPS) is 24.2. The minimum absolute atomic E-state index is 0.309. The van der Waals surface area contributed by atoms with Gasteiger partial charge in [-0.15, -0.1) is 0 Å². The fourth-order valence-electron chi connectivity index (χ4n) is 3.02. The zero-order valence-corrected chi connectivity index (χ0v) is 12.2. The number of nitrogens with zero attached hydrogens (tertiary/aromatic N) is 2. The molecule has 3 rings (SSSR count). The van der Waals surface area contributed by atoms with Gasteiger partial charge in [0.25, 0.3) is 0 Å². The summed E-state index contributed by atoms with van der Waals surface area (Å²) in [4.78, 5) is 15.6. The maximum absolute atomic E-state index is 11.1. The number of hydrogen-bond donors (Lipinski definition) is 1. The average Bonchev–Trinajstić information content (AvgIpc) is 2.77. The summed E-state index contributed by atoms with van der Waals surface area (Å²) in [6, 6.07) is 0. The second-order valence-electron chi connectivity index (χ2n) is 5.27. The molecule has 19 heavy (non-hydrogen) atoms. The number of fused-ring (bicyclic) bond motifs is 1. The SMILES string of the molecule is O=C(O)C1CCn2c(C3CCSCC3)nc(Cl)c2C1. The number of halogens is 1. The van der Waals surface area contributed by atoms with Gasteiger partial charge >= 0.3 is 5.97 Å². The van der Waals surface area contributed by atoms with Crippen LogP contribution in [0.15, 0.2) is 0 Å². The maximum Gasteiger partial charge on any atom is 0.306 e. The predicted molar refractivity (Wildman–Crippen MR) is 76.0 cm³/mol. The van der Waals surface area contributed by atoms with Gasteiger partial charge in [0.15, 0.2) is 5.15 Å². The minimum Gasteiger partial charge on any atom is -0.481 e. The van der Waals surface area contributed by atoms with E-state index < -0.39 is 5.97 Å². The zero-order valence-electron chi connectivity index (χ0n) is 10.6. The quantitative estimate of drug-likeness (QED) is 0.912. The summed E-state index contributed by atoms with van der Waals surface area (Å²) in [5.41, 5.74) is 0.925. The largest absolute Gasteiger partial charge is 0.481 e. The van der Waals surface area contributed by atoms with E-state index in [1.165, 1.54) is 11.5 Å². The summed E-state index contributed by atoms with van der Waals surface area (Å²) < 4.78 is 2.18. The van der Waals surface area contributed by atoms with Gasteiger partial charge in [-0.05, 0) is 30.8 Å². The summed E-state index contributed by atoms with van der Waals surface area (Å²) in [6.45, 7) is 0.741. The van der Waals surface area contributed by atoms with Gasteiger partial charge in [0.05, 0.1) is 11.6 Å².